The number of rotatable bonds is 8. The second-order valence-corrected chi connectivity index (χ2v) is 5.58. The molecule has 152 valence electrons. The normalized spacial score (nSPS) is 12.4. The summed E-state index contributed by atoms with van der Waals surface area (Å²) in [6.45, 7) is 7.19. The van der Waals surface area contributed by atoms with E-state index in [-0.39, 0.29) is 5.70 Å². The first-order valence-corrected chi connectivity index (χ1v) is 8.98. The maximum atomic E-state index is 12.2. The first-order chi connectivity index (χ1) is 13.4. The van der Waals surface area contributed by atoms with Crippen molar-refractivity contribution in [1.29, 1.82) is 0 Å². The summed E-state index contributed by atoms with van der Waals surface area (Å²) in [4.78, 5) is 30.4. The van der Waals surface area contributed by atoms with Gasteiger partial charge in [0.25, 0.3) is 0 Å². The van der Waals surface area contributed by atoms with Crippen LogP contribution in [0.25, 0.3) is 5.57 Å². The lowest BCUT2D eigenvalue weighted by Gasteiger charge is -2.25. The van der Waals surface area contributed by atoms with Crippen molar-refractivity contribution in [1.82, 2.24) is 4.90 Å². The zero-order chi connectivity index (χ0) is 21.1. The average Bonchev–Trinajstić information content (AvgIpc) is 2.73. The molecule has 0 atom stereocenters. The zero-order valence-electron chi connectivity index (χ0n) is 17.3. The monoisotopic (exact) mass is 388 g/mol. The maximum Gasteiger partial charge on any atom is 0.357 e. The Hall–Kier alpha value is -3.09. The number of methoxy groups -OCH3 is 3. The third-order valence-corrected chi connectivity index (χ3v) is 4.07. The van der Waals surface area contributed by atoms with Crippen LogP contribution < -0.4 is 4.74 Å². The van der Waals surface area contributed by atoms with E-state index in [0.717, 1.165) is 23.0 Å². The van der Waals surface area contributed by atoms with Crippen molar-refractivity contribution in [3.8, 4) is 5.75 Å². The van der Waals surface area contributed by atoms with Gasteiger partial charge in [-0.25, -0.2) is 14.6 Å². The van der Waals surface area contributed by atoms with Gasteiger partial charge in [0.15, 0.2) is 5.70 Å². The van der Waals surface area contributed by atoms with Crippen molar-refractivity contribution in [2.24, 2.45) is 4.99 Å². The van der Waals surface area contributed by atoms with Crippen molar-refractivity contribution < 1.29 is 23.8 Å². The molecule has 1 aromatic carbocycles. The molecular weight excluding hydrogens is 360 g/mol. The van der Waals surface area contributed by atoms with Gasteiger partial charge >= 0.3 is 11.9 Å². The Balaban J connectivity index is 3.58. The number of hydrogen-bond donors (Lipinski definition) is 0. The van der Waals surface area contributed by atoms with E-state index in [2.05, 4.69) is 9.73 Å². The zero-order valence-corrected chi connectivity index (χ0v) is 17.3. The Labute approximate surface area is 166 Å². The summed E-state index contributed by atoms with van der Waals surface area (Å²) in [5.41, 5.74) is 1.58. The molecule has 1 rings (SSSR count). The third kappa shape index (κ3) is 5.97. The number of hydrogen-bond acceptors (Lipinski definition) is 6. The molecule has 0 N–H and O–H groups in total. The molecule has 0 aliphatic rings. The van der Waals surface area contributed by atoms with Crippen molar-refractivity contribution in [3.63, 3.8) is 0 Å². The number of amidine groups is 1. The molecule has 0 saturated heterocycles. The Kier molecular flexibility index (Phi) is 9.50. The molecular formula is C21H28N2O5. The Morgan fingerprint density at radius 1 is 1.04 bits per heavy atom. The lowest BCUT2D eigenvalue weighted by Crippen LogP contribution is -2.32. The number of ether oxygens (including phenoxy) is 3. The molecule has 0 unspecified atom stereocenters. The summed E-state index contributed by atoms with van der Waals surface area (Å²) in [6.07, 6.45) is 2.93. The van der Waals surface area contributed by atoms with Crippen LogP contribution in [0.5, 0.6) is 5.75 Å². The molecule has 0 amide bonds. The molecule has 0 aliphatic carbocycles. The maximum absolute atomic E-state index is 12.2. The number of nitrogens with zero attached hydrogens (tertiary/aromatic N) is 2. The van der Waals surface area contributed by atoms with Gasteiger partial charge in [0, 0.05) is 18.7 Å². The third-order valence-electron chi connectivity index (χ3n) is 4.07. The fraction of sp³-hybridized carbons (Fsp3) is 0.381. The van der Waals surface area contributed by atoms with Gasteiger partial charge < -0.3 is 19.1 Å². The minimum absolute atomic E-state index is 0.135. The second kappa shape index (κ2) is 11.6. The van der Waals surface area contributed by atoms with Gasteiger partial charge in [0.2, 0.25) is 0 Å². The lowest BCUT2D eigenvalue weighted by atomic mass is 10.0. The van der Waals surface area contributed by atoms with Gasteiger partial charge in [0.1, 0.15) is 11.6 Å². The van der Waals surface area contributed by atoms with Gasteiger partial charge in [-0.2, -0.15) is 0 Å². The number of carbonyl (C=O) groups excluding carboxylic acids is 2. The standard InChI is InChI=1S/C21H28N2O5/c1-7-17(15-10-12-16(26-4)13-11-15)20(23(8-2)9-3)22-18(21(25)28-6)14-19(24)27-5/h7,10-14H,8-9H2,1-6H3/b17-7+,18-14-,22-20+. The topological polar surface area (TPSA) is 77.4 Å². The van der Waals surface area contributed by atoms with Crippen LogP contribution in [0.4, 0.5) is 0 Å². The second-order valence-electron chi connectivity index (χ2n) is 5.58. The molecule has 7 heteroatoms. The largest absolute Gasteiger partial charge is 0.497 e. The van der Waals surface area contributed by atoms with E-state index in [9.17, 15) is 9.59 Å². The average molecular weight is 388 g/mol. The van der Waals surface area contributed by atoms with E-state index in [1.165, 1.54) is 14.2 Å². The molecule has 0 fully saturated rings. The summed E-state index contributed by atoms with van der Waals surface area (Å²) in [5, 5.41) is 0. The molecule has 0 radical (unpaired) electrons. The minimum Gasteiger partial charge on any atom is -0.497 e. The Morgan fingerprint density at radius 2 is 1.64 bits per heavy atom. The summed E-state index contributed by atoms with van der Waals surface area (Å²) in [6, 6.07) is 7.53. The van der Waals surface area contributed by atoms with Crippen LogP contribution in [0.3, 0.4) is 0 Å². The predicted octanol–water partition coefficient (Wildman–Crippen LogP) is 3.07. The highest BCUT2D eigenvalue weighted by Crippen LogP contribution is 2.23. The minimum atomic E-state index is -0.722. The molecule has 28 heavy (non-hydrogen) atoms. The van der Waals surface area contributed by atoms with Gasteiger partial charge in [0.05, 0.1) is 27.4 Å². The predicted molar refractivity (Wildman–Crippen MR) is 109 cm³/mol. The first kappa shape index (κ1) is 23.0. The van der Waals surface area contributed by atoms with Crippen molar-refractivity contribution in [2.75, 3.05) is 34.4 Å². The van der Waals surface area contributed by atoms with E-state index in [4.69, 9.17) is 9.47 Å². The van der Waals surface area contributed by atoms with E-state index in [0.29, 0.717) is 18.9 Å². The summed E-state index contributed by atoms with van der Waals surface area (Å²) in [7, 11) is 4.08. The molecule has 1 aromatic rings. The summed E-state index contributed by atoms with van der Waals surface area (Å²) in [5.74, 6) is -0.116. The Morgan fingerprint density at radius 3 is 2.07 bits per heavy atom. The van der Waals surface area contributed by atoms with Crippen LogP contribution >= 0.6 is 0 Å². The highest BCUT2D eigenvalue weighted by Gasteiger charge is 2.19. The SMILES string of the molecule is C/C=C(/C(=N\C(=C/C(=O)OC)C(=O)OC)N(CC)CC)c1ccc(OC)cc1. The lowest BCUT2D eigenvalue weighted by molar-refractivity contribution is -0.138. The summed E-state index contributed by atoms with van der Waals surface area (Å²) >= 11 is 0. The van der Waals surface area contributed by atoms with Crippen LogP contribution in [0, 0.1) is 0 Å². The molecule has 0 aliphatic heterocycles. The first-order valence-electron chi connectivity index (χ1n) is 8.98. The number of likely N-dealkylation sites (N-methyl/N-ethyl adjacent to an activating group) is 1. The van der Waals surface area contributed by atoms with E-state index < -0.39 is 11.9 Å². The molecule has 0 saturated carbocycles. The smallest absolute Gasteiger partial charge is 0.357 e. The summed E-state index contributed by atoms with van der Waals surface area (Å²) < 4.78 is 14.6. The van der Waals surface area contributed by atoms with Crippen LogP contribution in [0.15, 0.2) is 47.1 Å². The highest BCUT2D eigenvalue weighted by atomic mass is 16.5. The molecule has 7 nitrogen and oxygen atoms in total. The molecule has 0 spiro atoms. The quantitative estimate of drug-likeness (QED) is 0.295. The van der Waals surface area contributed by atoms with Crippen LogP contribution in [0.2, 0.25) is 0 Å². The van der Waals surface area contributed by atoms with E-state index in [1.54, 1.807) is 7.11 Å². The van der Waals surface area contributed by atoms with Crippen LogP contribution in [-0.4, -0.2) is 57.1 Å². The number of carbonyl (C=O) groups is 2. The molecule has 0 heterocycles. The van der Waals surface area contributed by atoms with Crippen molar-refractivity contribution >= 4 is 23.3 Å². The van der Waals surface area contributed by atoms with Gasteiger partial charge in [-0.15, -0.1) is 0 Å². The van der Waals surface area contributed by atoms with Crippen molar-refractivity contribution in [3.05, 3.63) is 47.7 Å². The number of benzene rings is 1. The van der Waals surface area contributed by atoms with Crippen LogP contribution in [-0.2, 0) is 19.1 Å². The van der Waals surface area contributed by atoms with E-state index in [1.807, 2.05) is 56.0 Å². The van der Waals surface area contributed by atoms with Crippen LogP contribution in [0.1, 0.15) is 26.3 Å². The number of allylic oxidation sites excluding steroid dienone is 1. The fourth-order valence-electron chi connectivity index (χ4n) is 2.55. The number of esters is 2. The number of aliphatic imine (C=N–C) groups is 1. The Bertz CT molecular complexity index is 760. The molecule has 0 bridgehead atoms. The van der Waals surface area contributed by atoms with E-state index >= 15 is 0 Å². The van der Waals surface area contributed by atoms with Crippen molar-refractivity contribution in [2.45, 2.75) is 20.8 Å². The van der Waals surface area contributed by atoms with Gasteiger partial charge in [-0.05, 0) is 38.5 Å². The fourth-order valence-corrected chi connectivity index (χ4v) is 2.55. The van der Waals surface area contributed by atoms with Gasteiger partial charge in [-0.3, -0.25) is 0 Å². The van der Waals surface area contributed by atoms with Gasteiger partial charge in [-0.1, -0.05) is 18.2 Å². The highest BCUT2D eigenvalue weighted by molar-refractivity contribution is 6.23. The molecule has 0 aromatic heterocycles.